The van der Waals surface area contributed by atoms with Crippen molar-refractivity contribution >= 4 is 0 Å². The van der Waals surface area contributed by atoms with Crippen molar-refractivity contribution in [3.8, 4) is 11.8 Å². The molecule has 0 bridgehead atoms. The van der Waals surface area contributed by atoms with Crippen molar-refractivity contribution in [3.63, 3.8) is 0 Å². The quantitative estimate of drug-likeness (QED) is 0.701. The van der Waals surface area contributed by atoms with Crippen molar-refractivity contribution in [3.05, 3.63) is 71.8 Å². The molecule has 0 amide bonds. The Morgan fingerprint density at radius 2 is 1.82 bits per heavy atom. The van der Waals surface area contributed by atoms with E-state index in [4.69, 9.17) is 9.68 Å². The van der Waals surface area contributed by atoms with Crippen LogP contribution in [0.3, 0.4) is 0 Å². The van der Waals surface area contributed by atoms with Gasteiger partial charge in [0.05, 0.1) is 18.2 Å². The predicted molar refractivity (Wildman–Crippen MR) is 98.6 cm³/mol. The highest BCUT2D eigenvalue weighted by Gasteiger charge is 2.16. The van der Waals surface area contributed by atoms with Gasteiger partial charge in [0.25, 0.3) is 5.56 Å². The van der Waals surface area contributed by atoms with Gasteiger partial charge in [0.15, 0.2) is 0 Å². The third-order valence-corrected chi connectivity index (χ3v) is 4.29. The average Bonchev–Trinajstić information content (AvgIpc) is 2.99. The van der Waals surface area contributed by atoms with E-state index in [1.54, 1.807) is 18.2 Å². The van der Waals surface area contributed by atoms with E-state index in [9.17, 15) is 14.4 Å². The summed E-state index contributed by atoms with van der Waals surface area (Å²) in [5.41, 5.74) is 0.955. The Labute approximate surface area is 158 Å². The first kappa shape index (κ1) is 19.0. The Kier molecular flexibility index (Phi) is 4.83. The van der Waals surface area contributed by atoms with Crippen molar-refractivity contribution in [2.45, 2.75) is 40.2 Å². The molecule has 0 saturated heterocycles. The molecule has 3 aromatic rings. The highest BCUT2D eigenvalue weighted by atomic mass is 16.4. The lowest BCUT2D eigenvalue weighted by molar-refractivity contribution is 0.433. The van der Waals surface area contributed by atoms with Crippen LogP contribution in [0.15, 0.2) is 30.9 Å². The van der Waals surface area contributed by atoms with E-state index in [2.05, 4.69) is 15.2 Å². The second-order valence-corrected chi connectivity index (χ2v) is 6.67. The standard InChI is InChI=1S/C18H18N6O4/c1-9(2)23-18(27)28-15(22-23)7-13-10(3)5-12(6-11(13)4)24-17(26)20-16(25)14(8-19)21-24/h5-6,9H,7H2,1-4H3,(H,20,25,26). The van der Waals surface area contributed by atoms with Gasteiger partial charge in [-0.2, -0.15) is 14.6 Å². The Hall–Kier alpha value is -3.74. The van der Waals surface area contributed by atoms with Gasteiger partial charge in [0.1, 0.15) is 6.07 Å². The lowest BCUT2D eigenvalue weighted by atomic mass is 9.99. The summed E-state index contributed by atoms with van der Waals surface area (Å²) in [6.45, 7) is 7.35. The Morgan fingerprint density at radius 1 is 1.18 bits per heavy atom. The Morgan fingerprint density at radius 3 is 2.36 bits per heavy atom. The number of benzene rings is 1. The molecule has 0 spiro atoms. The minimum Gasteiger partial charge on any atom is -0.392 e. The molecule has 1 N–H and O–H groups in total. The summed E-state index contributed by atoms with van der Waals surface area (Å²) in [6.07, 6.45) is 0.310. The first-order valence-electron chi connectivity index (χ1n) is 8.54. The minimum absolute atomic E-state index is 0.109. The molecule has 10 heteroatoms. The molecule has 1 aromatic carbocycles. The van der Waals surface area contributed by atoms with Crippen LogP contribution >= 0.6 is 0 Å². The second kappa shape index (κ2) is 7.11. The van der Waals surface area contributed by atoms with Crippen LogP contribution in [-0.4, -0.2) is 24.5 Å². The van der Waals surface area contributed by atoms with E-state index in [0.717, 1.165) is 21.4 Å². The monoisotopic (exact) mass is 382 g/mol. The van der Waals surface area contributed by atoms with Gasteiger partial charge < -0.3 is 4.42 Å². The van der Waals surface area contributed by atoms with Crippen LogP contribution in [0, 0.1) is 25.2 Å². The van der Waals surface area contributed by atoms with E-state index in [1.807, 2.05) is 27.7 Å². The molecule has 0 aliphatic heterocycles. The van der Waals surface area contributed by atoms with E-state index >= 15 is 0 Å². The molecule has 0 aliphatic rings. The maximum absolute atomic E-state index is 12.1. The summed E-state index contributed by atoms with van der Waals surface area (Å²) in [4.78, 5) is 37.5. The number of hydrogen-bond acceptors (Lipinski definition) is 7. The highest BCUT2D eigenvalue weighted by Crippen LogP contribution is 2.21. The first-order chi connectivity index (χ1) is 13.2. The Bertz CT molecular complexity index is 1250. The van der Waals surface area contributed by atoms with Gasteiger partial charge >= 0.3 is 11.4 Å². The number of rotatable bonds is 4. The van der Waals surface area contributed by atoms with Crippen LogP contribution in [0.4, 0.5) is 0 Å². The number of nitriles is 1. The van der Waals surface area contributed by atoms with Crippen LogP contribution in [-0.2, 0) is 6.42 Å². The third-order valence-electron chi connectivity index (χ3n) is 4.29. The average molecular weight is 382 g/mol. The first-order valence-corrected chi connectivity index (χ1v) is 8.54. The molecule has 28 heavy (non-hydrogen) atoms. The summed E-state index contributed by atoms with van der Waals surface area (Å²) in [7, 11) is 0. The van der Waals surface area contributed by atoms with E-state index in [0.29, 0.717) is 18.0 Å². The number of nitrogens with one attached hydrogen (secondary N) is 1. The molecule has 0 aliphatic carbocycles. The molecule has 0 radical (unpaired) electrons. The van der Waals surface area contributed by atoms with Gasteiger partial charge in [0, 0.05) is 0 Å². The van der Waals surface area contributed by atoms with Crippen LogP contribution in [0.5, 0.6) is 0 Å². The zero-order valence-corrected chi connectivity index (χ0v) is 15.8. The Balaban J connectivity index is 2.04. The molecule has 10 nitrogen and oxygen atoms in total. The topological polar surface area (TPSA) is 140 Å². The normalized spacial score (nSPS) is 11.0. The van der Waals surface area contributed by atoms with Crippen LogP contribution in [0.1, 0.15) is 48.2 Å². The fourth-order valence-electron chi connectivity index (χ4n) is 2.90. The van der Waals surface area contributed by atoms with Crippen LogP contribution in [0.2, 0.25) is 0 Å². The maximum atomic E-state index is 12.1. The number of H-pyrrole nitrogens is 1. The molecular formula is C18H18N6O4. The molecule has 0 fully saturated rings. The molecule has 0 atom stereocenters. The molecule has 3 rings (SSSR count). The van der Waals surface area contributed by atoms with Gasteiger partial charge in [-0.3, -0.25) is 9.78 Å². The SMILES string of the molecule is Cc1cc(-n2nc(C#N)c(=O)[nH]c2=O)cc(C)c1Cc1nn(C(C)C)c(=O)o1. The van der Waals surface area contributed by atoms with Gasteiger partial charge in [0.2, 0.25) is 11.6 Å². The van der Waals surface area contributed by atoms with E-state index < -0.39 is 22.7 Å². The summed E-state index contributed by atoms with van der Waals surface area (Å²) in [5, 5.41) is 17.0. The summed E-state index contributed by atoms with van der Waals surface area (Å²) in [5.74, 6) is -0.214. The maximum Gasteiger partial charge on any atom is 0.437 e. The largest absolute Gasteiger partial charge is 0.437 e. The molecule has 144 valence electrons. The number of aromatic nitrogens is 5. The molecule has 2 aromatic heterocycles. The van der Waals surface area contributed by atoms with Crippen molar-refractivity contribution in [1.82, 2.24) is 24.5 Å². The number of hydrogen-bond donors (Lipinski definition) is 1. The van der Waals surface area contributed by atoms with Crippen molar-refractivity contribution in [2.24, 2.45) is 0 Å². The highest BCUT2D eigenvalue weighted by molar-refractivity contribution is 5.45. The van der Waals surface area contributed by atoms with E-state index in [-0.39, 0.29) is 6.04 Å². The van der Waals surface area contributed by atoms with Gasteiger partial charge in [-0.05, 0) is 56.5 Å². The van der Waals surface area contributed by atoms with Gasteiger partial charge in [-0.15, -0.1) is 10.2 Å². The van der Waals surface area contributed by atoms with Crippen molar-refractivity contribution in [2.75, 3.05) is 0 Å². The lowest BCUT2D eigenvalue weighted by Crippen LogP contribution is -2.33. The second-order valence-electron chi connectivity index (χ2n) is 6.67. The summed E-state index contributed by atoms with van der Waals surface area (Å²) >= 11 is 0. The molecular weight excluding hydrogens is 364 g/mol. The number of aryl methyl sites for hydroxylation is 2. The summed E-state index contributed by atoms with van der Waals surface area (Å²) in [6, 6.07) is 4.95. The minimum atomic E-state index is -0.829. The van der Waals surface area contributed by atoms with E-state index in [1.165, 1.54) is 4.68 Å². The molecule has 2 heterocycles. The van der Waals surface area contributed by atoms with Gasteiger partial charge in [-0.25, -0.2) is 9.59 Å². The summed E-state index contributed by atoms with van der Waals surface area (Å²) < 4.78 is 7.47. The van der Waals surface area contributed by atoms with Crippen LogP contribution in [0.25, 0.3) is 5.69 Å². The van der Waals surface area contributed by atoms with Crippen molar-refractivity contribution in [1.29, 1.82) is 5.26 Å². The fraction of sp³-hybridized carbons (Fsp3) is 0.333. The smallest absolute Gasteiger partial charge is 0.392 e. The molecule has 0 unspecified atom stereocenters. The zero-order chi connectivity index (χ0) is 20.6. The molecule has 0 saturated carbocycles. The zero-order valence-electron chi connectivity index (χ0n) is 15.8. The van der Waals surface area contributed by atoms with Crippen LogP contribution < -0.4 is 17.0 Å². The predicted octanol–water partition coefficient (Wildman–Crippen LogP) is 0.731. The lowest BCUT2D eigenvalue weighted by Gasteiger charge is -2.12. The van der Waals surface area contributed by atoms with Crippen molar-refractivity contribution < 1.29 is 4.42 Å². The number of aromatic amines is 1. The number of nitrogens with zero attached hydrogens (tertiary/aromatic N) is 5. The third kappa shape index (κ3) is 3.42. The van der Waals surface area contributed by atoms with Gasteiger partial charge in [-0.1, -0.05) is 0 Å². The fourth-order valence-corrected chi connectivity index (χ4v) is 2.90.